The predicted molar refractivity (Wildman–Crippen MR) is 74.3 cm³/mol. The van der Waals surface area contributed by atoms with E-state index in [1.807, 2.05) is 18.2 Å². The number of hydrogen-bond acceptors (Lipinski definition) is 4. The van der Waals surface area contributed by atoms with E-state index in [1.54, 1.807) is 0 Å². The maximum absolute atomic E-state index is 12.2. The van der Waals surface area contributed by atoms with Gasteiger partial charge in [-0.05, 0) is 23.8 Å². The van der Waals surface area contributed by atoms with Gasteiger partial charge in [-0.3, -0.25) is 13.9 Å². The largest absolute Gasteiger partial charge is 0.493 e. The van der Waals surface area contributed by atoms with Crippen molar-refractivity contribution in [1.82, 2.24) is 4.90 Å². The molecule has 19 heavy (non-hydrogen) atoms. The minimum atomic E-state index is -0.690. The zero-order chi connectivity index (χ0) is 13.2. The smallest absolute Gasteiger partial charge is 0.176 e. The molecule has 3 rings (SSSR count). The zero-order valence-corrected chi connectivity index (χ0v) is 11.6. The van der Waals surface area contributed by atoms with Crippen LogP contribution in [0.15, 0.2) is 18.2 Å². The molecular formula is C14H17NO3S. The van der Waals surface area contributed by atoms with Crippen LogP contribution in [0.1, 0.15) is 15.9 Å². The quantitative estimate of drug-likeness (QED) is 0.770. The first-order valence-corrected chi connectivity index (χ1v) is 8.07. The highest BCUT2D eigenvalue weighted by Gasteiger charge is 2.20. The molecule has 0 aliphatic carbocycles. The van der Waals surface area contributed by atoms with Gasteiger partial charge >= 0.3 is 0 Å². The summed E-state index contributed by atoms with van der Waals surface area (Å²) in [5, 5.41) is 0. The molecule has 5 heteroatoms. The van der Waals surface area contributed by atoms with E-state index in [4.69, 9.17) is 4.74 Å². The van der Waals surface area contributed by atoms with E-state index in [1.165, 1.54) is 0 Å². The van der Waals surface area contributed by atoms with Gasteiger partial charge in [0, 0.05) is 47.4 Å². The summed E-state index contributed by atoms with van der Waals surface area (Å²) in [5.74, 6) is 2.42. The maximum Gasteiger partial charge on any atom is 0.176 e. The van der Waals surface area contributed by atoms with Crippen molar-refractivity contribution in [3.8, 4) is 5.75 Å². The highest BCUT2D eigenvalue weighted by Crippen LogP contribution is 2.26. The van der Waals surface area contributed by atoms with Crippen molar-refractivity contribution in [3.05, 3.63) is 29.3 Å². The Balaban J connectivity index is 1.65. The molecule has 0 unspecified atom stereocenters. The lowest BCUT2D eigenvalue weighted by Crippen LogP contribution is -2.40. The lowest BCUT2D eigenvalue weighted by molar-refractivity contribution is 0.0936. The number of rotatable bonds is 3. The average molecular weight is 279 g/mol. The van der Waals surface area contributed by atoms with Crippen LogP contribution in [0.25, 0.3) is 0 Å². The van der Waals surface area contributed by atoms with Crippen LogP contribution in [0.5, 0.6) is 5.75 Å². The number of ketones is 1. The van der Waals surface area contributed by atoms with E-state index in [0.717, 1.165) is 36.4 Å². The number of ether oxygens (including phenoxy) is 1. The minimum Gasteiger partial charge on any atom is -0.493 e. The molecule has 102 valence electrons. The first kappa shape index (κ1) is 12.8. The average Bonchev–Trinajstić information content (AvgIpc) is 2.88. The van der Waals surface area contributed by atoms with Crippen LogP contribution in [-0.4, -0.2) is 52.6 Å². The van der Waals surface area contributed by atoms with Gasteiger partial charge in [-0.15, -0.1) is 0 Å². The van der Waals surface area contributed by atoms with Crippen molar-refractivity contribution in [2.75, 3.05) is 37.7 Å². The fourth-order valence-electron chi connectivity index (χ4n) is 2.49. The first-order valence-electron chi connectivity index (χ1n) is 6.58. The Morgan fingerprint density at radius 2 is 2.11 bits per heavy atom. The summed E-state index contributed by atoms with van der Waals surface area (Å²) in [4.78, 5) is 14.3. The Hall–Kier alpha value is -1.20. The Labute approximate surface area is 115 Å². The summed E-state index contributed by atoms with van der Waals surface area (Å²) in [6.45, 7) is 2.65. The van der Waals surface area contributed by atoms with Crippen LogP contribution in [0.2, 0.25) is 0 Å². The van der Waals surface area contributed by atoms with Crippen LogP contribution in [0.4, 0.5) is 0 Å². The number of benzene rings is 1. The normalized spacial score (nSPS) is 20.0. The lowest BCUT2D eigenvalue weighted by Gasteiger charge is -2.25. The number of hydrogen-bond donors (Lipinski definition) is 0. The van der Waals surface area contributed by atoms with Crippen molar-refractivity contribution in [2.24, 2.45) is 0 Å². The van der Waals surface area contributed by atoms with Gasteiger partial charge in [0.05, 0.1) is 13.2 Å². The van der Waals surface area contributed by atoms with Crippen molar-refractivity contribution in [2.45, 2.75) is 6.42 Å². The lowest BCUT2D eigenvalue weighted by atomic mass is 10.1. The molecule has 1 aromatic carbocycles. The molecule has 2 heterocycles. The highest BCUT2D eigenvalue weighted by molar-refractivity contribution is 7.85. The SMILES string of the molecule is O=C(CN1CCS(=O)CC1)c1ccc2c(c1)CCO2. The van der Waals surface area contributed by atoms with Gasteiger partial charge in [0.25, 0.3) is 0 Å². The van der Waals surface area contributed by atoms with Crippen LogP contribution in [0, 0.1) is 0 Å². The molecule has 1 saturated heterocycles. The van der Waals surface area contributed by atoms with Gasteiger partial charge < -0.3 is 4.74 Å². The van der Waals surface area contributed by atoms with Crippen LogP contribution >= 0.6 is 0 Å². The second-order valence-corrected chi connectivity index (χ2v) is 6.66. The summed E-state index contributed by atoms with van der Waals surface area (Å²) < 4.78 is 16.7. The molecule has 0 N–H and O–H groups in total. The molecule has 2 aliphatic rings. The van der Waals surface area contributed by atoms with E-state index in [0.29, 0.717) is 24.7 Å². The van der Waals surface area contributed by atoms with Crippen LogP contribution in [0.3, 0.4) is 0 Å². The number of Topliss-reactive ketones (excluding diaryl/α,β-unsaturated/α-hetero) is 1. The van der Waals surface area contributed by atoms with Gasteiger partial charge in [0.15, 0.2) is 5.78 Å². The van der Waals surface area contributed by atoms with Gasteiger partial charge in [0.2, 0.25) is 0 Å². The van der Waals surface area contributed by atoms with E-state index < -0.39 is 10.8 Å². The van der Waals surface area contributed by atoms with Crippen molar-refractivity contribution in [3.63, 3.8) is 0 Å². The molecule has 0 aromatic heterocycles. The number of carbonyl (C=O) groups is 1. The van der Waals surface area contributed by atoms with Crippen molar-refractivity contribution < 1.29 is 13.7 Å². The maximum atomic E-state index is 12.2. The molecule has 0 spiro atoms. The molecule has 0 bridgehead atoms. The molecule has 0 radical (unpaired) electrons. The third-order valence-corrected chi connectivity index (χ3v) is 4.92. The van der Waals surface area contributed by atoms with Gasteiger partial charge in [-0.1, -0.05) is 0 Å². The second-order valence-electron chi connectivity index (χ2n) is 4.97. The van der Waals surface area contributed by atoms with Gasteiger partial charge in [-0.2, -0.15) is 0 Å². The summed E-state index contributed by atoms with van der Waals surface area (Å²) in [7, 11) is -0.690. The first-order chi connectivity index (χ1) is 9.22. The molecule has 0 saturated carbocycles. The molecule has 4 nitrogen and oxygen atoms in total. The Morgan fingerprint density at radius 1 is 1.32 bits per heavy atom. The highest BCUT2D eigenvalue weighted by atomic mass is 32.2. The summed E-state index contributed by atoms with van der Waals surface area (Å²) >= 11 is 0. The van der Waals surface area contributed by atoms with E-state index >= 15 is 0 Å². The third kappa shape index (κ3) is 2.87. The molecule has 0 amide bonds. The Kier molecular flexibility index (Phi) is 3.66. The predicted octanol–water partition coefficient (Wildman–Crippen LogP) is 0.869. The Morgan fingerprint density at radius 3 is 2.89 bits per heavy atom. The zero-order valence-electron chi connectivity index (χ0n) is 10.8. The molecular weight excluding hydrogens is 262 g/mol. The van der Waals surface area contributed by atoms with E-state index in [2.05, 4.69) is 4.90 Å². The number of fused-ring (bicyclic) bond motifs is 1. The number of nitrogens with zero attached hydrogens (tertiary/aromatic N) is 1. The van der Waals surface area contributed by atoms with E-state index in [-0.39, 0.29) is 5.78 Å². The fraction of sp³-hybridized carbons (Fsp3) is 0.500. The molecule has 2 aliphatic heterocycles. The van der Waals surface area contributed by atoms with Crippen LogP contribution in [-0.2, 0) is 17.2 Å². The fourth-order valence-corrected chi connectivity index (χ4v) is 3.62. The van der Waals surface area contributed by atoms with Gasteiger partial charge in [0.1, 0.15) is 5.75 Å². The summed E-state index contributed by atoms with van der Waals surface area (Å²) in [6, 6.07) is 5.68. The number of carbonyl (C=O) groups excluding carboxylic acids is 1. The summed E-state index contributed by atoms with van der Waals surface area (Å²) in [5.41, 5.74) is 1.89. The second kappa shape index (κ2) is 5.43. The summed E-state index contributed by atoms with van der Waals surface area (Å²) in [6.07, 6.45) is 0.888. The van der Waals surface area contributed by atoms with Crippen LogP contribution < -0.4 is 4.74 Å². The van der Waals surface area contributed by atoms with Crippen molar-refractivity contribution >= 4 is 16.6 Å². The molecule has 1 aromatic rings. The topological polar surface area (TPSA) is 46.6 Å². The van der Waals surface area contributed by atoms with Gasteiger partial charge in [-0.25, -0.2) is 0 Å². The van der Waals surface area contributed by atoms with E-state index in [9.17, 15) is 9.00 Å². The minimum absolute atomic E-state index is 0.141. The van der Waals surface area contributed by atoms with Crippen molar-refractivity contribution in [1.29, 1.82) is 0 Å². The molecule has 0 atom stereocenters. The standard InChI is InChI=1S/C14H17NO3S/c16-13(10-15-4-7-19(17)8-5-15)11-1-2-14-12(9-11)3-6-18-14/h1-2,9H,3-8,10H2. The third-order valence-electron chi connectivity index (χ3n) is 3.65. The molecule has 1 fully saturated rings. The monoisotopic (exact) mass is 279 g/mol. The Bertz CT molecular complexity index is 519.